The fourth-order valence-electron chi connectivity index (χ4n) is 2.23. The minimum atomic E-state index is -3.59. The van der Waals surface area contributed by atoms with E-state index in [1.54, 1.807) is 0 Å². The average molecular weight is 318 g/mol. The monoisotopic (exact) mass is 317 g/mol. The van der Waals surface area contributed by atoms with Gasteiger partial charge in [-0.25, -0.2) is 13.4 Å². The van der Waals surface area contributed by atoms with Crippen molar-refractivity contribution in [1.29, 1.82) is 0 Å². The molecule has 20 heavy (non-hydrogen) atoms. The third-order valence-corrected chi connectivity index (χ3v) is 5.20. The van der Waals surface area contributed by atoms with Crippen LogP contribution in [0.25, 0.3) is 0 Å². The highest BCUT2D eigenvalue weighted by Crippen LogP contribution is 2.21. The number of nitrogens with zero attached hydrogens (tertiary/aromatic N) is 2. The fraction of sp³-hybridized carbons (Fsp3) is 0.500. The topological polar surface area (TPSA) is 79.4 Å². The molecule has 0 radical (unpaired) electrons. The van der Waals surface area contributed by atoms with Gasteiger partial charge in [0.1, 0.15) is 10.0 Å². The van der Waals surface area contributed by atoms with E-state index in [4.69, 9.17) is 11.6 Å². The lowest BCUT2D eigenvalue weighted by Crippen LogP contribution is -2.49. The molecule has 0 spiro atoms. The third-order valence-electron chi connectivity index (χ3n) is 3.13. The van der Waals surface area contributed by atoms with Crippen LogP contribution >= 0.6 is 11.6 Å². The molecule has 110 valence electrons. The van der Waals surface area contributed by atoms with Gasteiger partial charge in [-0.1, -0.05) is 11.6 Å². The Labute approximate surface area is 123 Å². The quantitative estimate of drug-likeness (QED) is 0.844. The summed E-state index contributed by atoms with van der Waals surface area (Å²) in [7, 11) is -3.59. The zero-order valence-corrected chi connectivity index (χ0v) is 12.6. The van der Waals surface area contributed by atoms with Crippen LogP contribution < -0.4 is 5.32 Å². The Morgan fingerprint density at radius 2 is 2.25 bits per heavy atom. The van der Waals surface area contributed by atoms with Crippen molar-refractivity contribution in [2.45, 2.75) is 30.7 Å². The number of carbonyl (C=O) groups is 1. The molecule has 1 atom stereocenters. The van der Waals surface area contributed by atoms with Crippen LogP contribution in [0, 0.1) is 0 Å². The van der Waals surface area contributed by atoms with E-state index in [0.29, 0.717) is 13.0 Å². The Bertz CT molecular complexity index is 588. The second kappa shape index (κ2) is 6.07. The fourth-order valence-corrected chi connectivity index (χ4v) is 3.81. The first kappa shape index (κ1) is 15.2. The first-order valence-corrected chi connectivity index (χ1v) is 8.10. The Balaban J connectivity index is 2.16. The summed E-state index contributed by atoms with van der Waals surface area (Å²) in [4.78, 5) is 15.0. The number of hydrogen-bond donors (Lipinski definition) is 1. The Morgan fingerprint density at radius 3 is 2.85 bits per heavy atom. The summed E-state index contributed by atoms with van der Waals surface area (Å²) in [5, 5.41) is 3.01. The number of nitrogens with one attached hydrogen (secondary N) is 1. The molecule has 0 bridgehead atoms. The van der Waals surface area contributed by atoms with E-state index in [0.717, 1.165) is 6.42 Å². The van der Waals surface area contributed by atoms with Crippen molar-refractivity contribution in [2.75, 3.05) is 13.1 Å². The molecule has 1 aromatic rings. The summed E-state index contributed by atoms with van der Waals surface area (Å²) in [6.45, 7) is 2.15. The molecule has 0 aliphatic carbocycles. The van der Waals surface area contributed by atoms with Gasteiger partial charge in [0.15, 0.2) is 0 Å². The largest absolute Gasteiger partial charge is 0.352 e. The van der Waals surface area contributed by atoms with Crippen LogP contribution in [0.15, 0.2) is 23.2 Å². The van der Waals surface area contributed by atoms with Crippen molar-refractivity contribution in [3.63, 3.8) is 0 Å². The standard InChI is InChI=1S/C12H16ClN3O3S/c1-9(17)15-10-3-2-6-16(8-10)20(18,19)11-4-5-12(13)14-7-11/h4-5,7,10H,2-3,6,8H2,1H3,(H,15,17). The lowest BCUT2D eigenvalue weighted by Gasteiger charge is -2.32. The Kier molecular flexibility index (Phi) is 4.62. The molecule has 0 saturated carbocycles. The minimum absolute atomic E-state index is 0.116. The molecule has 1 saturated heterocycles. The molecule has 1 aliphatic heterocycles. The molecule has 0 aromatic carbocycles. The van der Waals surface area contributed by atoms with Gasteiger partial charge in [-0.05, 0) is 25.0 Å². The van der Waals surface area contributed by atoms with Gasteiger partial charge in [-0.15, -0.1) is 0 Å². The van der Waals surface area contributed by atoms with E-state index >= 15 is 0 Å². The molecule has 1 N–H and O–H groups in total. The number of carbonyl (C=O) groups excluding carboxylic acids is 1. The van der Waals surface area contributed by atoms with Crippen LogP contribution in [0.2, 0.25) is 5.15 Å². The van der Waals surface area contributed by atoms with Crippen LogP contribution in [0.1, 0.15) is 19.8 Å². The maximum atomic E-state index is 12.5. The van der Waals surface area contributed by atoms with Gasteiger partial charge < -0.3 is 5.32 Å². The van der Waals surface area contributed by atoms with Gasteiger partial charge in [0.2, 0.25) is 15.9 Å². The van der Waals surface area contributed by atoms with Gasteiger partial charge in [-0.2, -0.15) is 4.31 Å². The molecule has 1 amide bonds. The van der Waals surface area contributed by atoms with E-state index in [2.05, 4.69) is 10.3 Å². The Morgan fingerprint density at radius 1 is 1.50 bits per heavy atom. The highest BCUT2D eigenvalue weighted by Gasteiger charge is 2.30. The number of piperidine rings is 1. The SMILES string of the molecule is CC(=O)NC1CCCN(S(=O)(=O)c2ccc(Cl)nc2)C1. The summed E-state index contributed by atoms with van der Waals surface area (Å²) >= 11 is 5.66. The van der Waals surface area contributed by atoms with Crippen molar-refractivity contribution in [2.24, 2.45) is 0 Å². The Hall–Kier alpha value is -1.18. The maximum absolute atomic E-state index is 12.5. The lowest BCUT2D eigenvalue weighted by atomic mass is 10.1. The number of sulfonamides is 1. The van der Waals surface area contributed by atoms with Crippen LogP contribution in [-0.2, 0) is 14.8 Å². The first-order valence-electron chi connectivity index (χ1n) is 6.28. The van der Waals surface area contributed by atoms with Crippen molar-refractivity contribution < 1.29 is 13.2 Å². The maximum Gasteiger partial charge on any atom is 0.244 e. The van der Waals surface area contributed by atoms with E-state index in [1.165, 1.54) is 29.6 Å². The summed E-state index contributed by atoms with van der Waals surface area (Å²) in [5.41, 5.74) is 0. The summed E-state index contributed by atoms with van der Waals surface area (Å²) in [6.07, 6.45) is 2.75. The second-order valence-electron chi connectivity index (χ2n) is 4.72. The summed E-state index contributed by atoms with van der Waals surface area (Å²) in [5.74, 6) is -0.151. The van der Waals surface area contributed by atoms with Crippen LogP contribution in [0.4, 0.5) is 0 Å². The zero-order valence-electron chi connectivity index (χ0n) is 11.0. The van der Waals surface area contributed by atoms with E-state index < -0.39 is 10.0 Å². The van der Waals surface area contributed by atoms with Crippen molar-refractivity contribution in [3.8, 4) is 0 Å². The smallest absolute Gasteiger partial charge is 0.244 e. The van der Waals surface area contributed by atoms with E-state index in [9.17, 15) is 13.2 Å². The van der Waals surface area contributed by atoms with Gasteiger partial charge in [0.05, 0.1) is 0 Å². The summed E-state index contributed by atoms with van der Waals surface area (Å²) < 4.78 is 26.3. The van der Waals surface area contributed by atoms with E-state index in [-0.39, 0.29) is 28.5 Å². The van der Waals surface area contributed by atoms with Gasteiger partial charge in [-0.3, -0.25) is 4.79 Å². The van der Waals surface area contributed by atoms with E-state index in [1.807, 2.05) is 0 Å². The highest BCUT2D eigenvalue weighted by atomic mass is 35.5. The zero-order chi connectivity index (χ0) is 14.8. The summed E-state index contributed by atoms with van der Waals surface area (Å²) in [6, 6.07) is 2.74. The molecule has 8 heteroatoms. The number of aromatic nitrogens is 1. The molecular formula is C12H16ClN3O3S. The lowest BCUT2D eigenvalue weighted by molar-refractivity contribution is -0.119. The number of hydrogen-bond acceptors (Lipinski definition) is 4. The van der Waals surface area contributed by atoms with Crippen LogP contribution in [0.5, 0.6) is 0 Å². The minimum Gasteiger partial charge on any atom is -0.352 e. The molecule has 6 nitrogen and oxygen atoms in total. The number of halogens is 1. The van der Waals surface area contributed by atoms with Crippen molar-refractivity contribution >= 4 is 27.5 Å². The molecule has 2 heterocycles. The van der Waals surface area contributed by atoms with Gasteiger partial charge in [0.25, 0.3) is 0 Å². The van der Waals surface area contributed by atoms with Crippen LogP contribution in [-0.4, -0.2) is 42.7 Å². The molecule has 1 aliphatic rings. The predicted molar refractivity (Wildman–Crippen MR) is 74.8 cm³/mol. The second-order valence-corrected chi connectivity index (χ2v) is 7.04. The number of rotatable bonds is 3. The predicted octanol–water partition coefficient (Wildman–Crippen LogP) is 1.02. The van der Waals surface area contributed by atoms with Gasteiger partial charge >= 0.3 is 0 Å². The third kappa shape index (κ3) is 3.47. The van der Waals surface area contributed by atoms with Crippen molar-refractivity contribution in [3.05, 3.63) is 23.5 Å². The number of pyridine rings is 1. The number of amides is 1. The van der Waals surface area contributed by atoms with Crippen molar-refractivity contribution in [1.82, 2.24) is 14.6 Å². The molecule has 1 fully saturated rings. The normalized spacial score (nSPS) is 20.6. The molecule has 1 aromatic heterocycles. The molecular weight excluding hydrogens is 302 g/mol. The molecule has 1 unspecified atom stereocenters. The van der Waals surface area contributed by atoms with Crippen LogP contribution in [0.3, 0.4) is 0 Å². The average Bonchev–Trinajstić information content (AvgIpc) is 2.39. The highest BCUT2D eigenvalue weighted by molar-refractivity contribution is 7.89. The first-order chi connectivity index (χ1) is 9.39. The van der Waals surface area contributed by atoms with Gasteiger partial charge in [0, 0.05) is 32.3 Å². The molecule has 2 rings (SSSR count).